The molecule has 4 rings (SSSR count). The van der Waals surface area contributed by atoms with Crippen molar-refractivity contribution in [3.63, 3.8) is 0 Å². The molecule has 0 bridgehead atoms. The first-order valence-corrected chi connectivity index (χ1v) is 8.66. The average molecular weight is 314 g/mol. The van der Waals surface area contributed by atoms with Crippen LogP contribution in [0.4, 0.5) is 0 Å². The molecule has 22 heavy (non-hydrogen) atoms. The molecule has 1 aliphatic heterocycles. The number of hydrogen-bond donors (Lipinski definition) is 0. The largest absolute Gasteiger partial charge is 0.482 e. The minimum absolute atomic E-state index is 0.350. The van der Waals surface area contributed by atoms with E-state index in [9.17, 15) is 0 Å². The van der Waals surface area contributed by atoms with Crippen LogP contribution in [0.3, 0.4) is 0 Å². The highest BCUT2D eigenvalue weighted by molar-refractivity contribution is 7.17. The smallest absolute Gasteiger partial charge is 0.146 e. The third kappa shape index (κ3) is 2.07. The predicted molar refractivity (Wildman–Crippen MR) is 94.0 cm³/mol. The van der Waals surface area contributed by atoms with Gasteiger partial charge in [0, 0.05) is 10.3 Å². The molecule has 0 saturated carbocycles. The van der Waals surface area contributed by atoms with Gasteiger partial charge in [-0.15, -0.1) is 11.3 Å². The van der Waals surface area contributed by atoms with Crippen LogP contribution in [0, 0.1) is 13.8 Å². The lowest BCUT2D eigenvalue weighted by Crippen LogP contribution is -2.28. The highest BCUT2D eigenvalue weighted by Gasteiger charge is 2.37. The van der Waals surface area contributed by atoms with Gasteiger partial charge in [0.2, 0.25) is 0 Å². The van der Waals surface area contributed by atoms with Crippen LogP contribution in [0.25, 0.3) is 21.4 Å². The predicted octanol–water partition coefficient (Wildman–Crippen LogP) is 6.43. The number of aryl methyl sites for hydroxylation is 2. The van der Waals surface area contributed by atoms with E-state index in [-0.39, 0.29) is 5.60 Å². The molecule has 0 radical (unpaired) electrons. The lowest BCUT2D eigenvalue weighted by atomic mass is 9.90. The second-order valence-electron chi connectivity index (χ2n) is 5.94. The van der Waals surface area contributed by atoms with Gasteiger partial charge < -0.3 is 9.15 Å². The summed E-state index contributed by atoms with van der Waals surface area (Å²) >= 11 is 1.75. The Morgan fingerprint density at radius 1 is 1.09 bits per heavy atom. The van der Waals surface area contributed by atoms with Gasteiger partial charge in [0.15, 0.2) is 0 Å². The van der Waals surface area contributed by atoms with Gasteiger partial charge in [-0.1, -0.05) is 13.8 Å². The Bertz CT molecular complexity index is 837. The van der Waals surface area contributed by atoms with Crippen LogP contribution in [-0.4, -0.2) is 0 Å². The molecule has 1 aromatic carbocycles. The molecule has 2 aromatic heterocycles. The van der Waals surface area contributed by atoms with E-state index in [4.69, 9.17) is 9.15 Å². The van der Waals surface area contributed by atoms with Gasteiger partial charge in [0.05, 0.1) is 5.56 Å². The normalized spacial score (nSPS) is 14.6. The number of ether oxygens (including phenoxy) is 1. The van der Waals surface area contributed by atoms with Crippen molar-refractivity contribution < 1.29 is 9.15 Å². The van der Waals surface area contributed by atoms with E-state index in [1.54, 1.807) is 11.3 Å². The van der Waals surface area contributed by atoms with Crippen molar-refractivity contribution in [2.24, 2.45) is 0 Å². The minimum Gasteiger partial charge on any atom is -0.482 e. The summed E-state index contributed by atoms with van der Waals surface area (Å²) in [6.45, 7) is 12.3. The highest BCUT2D eigenvalue weighted by atomic mass is 32.1. The molecule has 0 N–H and O–H groups in total. The van der Waals surface area contributed by atoms with E-state index in [1.807, 2.05) is 20.8 Å². The Morgan fingerprint density at radius 3 is 2.55 bits per heavy atom. The maximum Gasteiger partial charge on any atom is 0.146 e. The van der Waals surface area contributed by atoms with Gasteiger partial charge >= 0.3 is 0 Å². The standard InChI is InChI=1S/C17H16O2S.C2H6/c1-9-7-13-14(16-11(9)5-6-20-16)15-12(8-10(2)18-15)17(3,4)19-13;1-2/h5-8H,1-4H3;1-2H3. The lowest BCUT2D eigenvalue weighted by Gasteiger charge is -2.32. The number of hydrogen-bond acceptors (Lipinski definition) is 3. The van der Waals surface area contributed by atoms with Crippen molar-refractivity contribution in [1.82, 2.24) is 0 Å². The molecule has 116 valence electrons. The third-order valence-corrected chi connectivity index (χ3v) is 4.94. The molecule has 3 heteroatoms. The third-order valence-electron chi connectivity index (χ3n) is 4.01. The van der Waals surface area contributed by atoms with Crippen LogP contribution >= 0.6 is 11.3 Å². The average Bonchev–Trinajstić information content (AvgIpc) is 3.07. The summed E-state index contributed by atoms with van der Waals surface area (Å²) in [4.78, 5) is 0. The Labute approximate surface area is 135 Å². The maximum absolute atomic E-state index is 6.26. The van der Waals surface area contributed by atoms with Crippen molar-refractivity contribution in [2.75, 3.05) is 0 Å². The Hall–Kier alpha value is -1.74. The molecule has 0 amide bonds. The fourth-order valence-corrected chi connectivity index (χ4v) is 4.05. The maximum atomic E-state index is 6.26. The van der Waals surface area contributed by atoms with Crippen molar-refractivity contribution in [1.29, 1.82) is 0 Å². The molecule has 0 saturated heterocycles. The molecule has 3 aromatic rings. The van der Waals surface area contributed by atoms with E-state index < -0.39 is 0 Å². The summed E-state index contributed by atoms with van der Waals surface area (Å²) in [7, 11) is 0. The number of thiophene rings is 1. The van der Waals surface area contributed by atoms with Crippen LogP contribution in [-0.2, 0) is 5.60 Å². The van der Waals surface area contributed by atoms with E-state index in [0.29, 0.717) is 0 Å². The number of benzene rings is 1. The summed E-state index contributed by atoms with van der Waals surface area (Å²) in [6, 6.07) is 6.40. The molecule has 1 aliphatic rings. The van der Waals surface area contributed by atoms with E-state index in [0.717, 1.165) is 28.4 Å². The zero-order valence-corrected chi connectivity index (χ0v) is 14.9. The van der Waals surface area contributed by atoms with Crippen LogP contribution < -0.4 is 4.74 Å². The van der Waals surface area contributed by atoms with Crippen molar-refractivity contribution in [2.45, 2.75) is 47.1 Å². The summed E-state index contributed by atoms with van der Waals surface area (Å²) in [5, 5.41) is 3.42. The SMILES string of the molecule is CC.Cc1cc2c(o1)-c1c(cc(C)c3ccsc13)OC2(C)C. The Balaban J connectivity index is 0.000000693. The van der Waals surface area contributed by atoms with Gasteiger partial charge in [-0.05, 0) is 62.2 Å². The summed E-state index contributed by atoms with van der Waals surface area (Å²) < 4.78 is 13.5. The molecule has 0 fully saturated rings. The van der Waals surface area contributed by atoms with E-state index in [1.165, 1.54) is 15.6 Å². The van der Waals surface area contributed by atoms with Gasteiger partial charge in [-0.3, -0.25) is 0 Å². The van der Waals surface area contributed by atoms with Crippen molar-refractivity contribution in [3.8, 4) is 17.1 Å². The van der Waals surface area contributed by atoms with E-state index >= 15 is 0 Å². The first-order valence-electron chi connectivity index (χ1n) is 7.78. The minimum atomic E-state index is -0.350. The van der Waals surface area contributed by atoms with Gasteiger partial charge in [-0.25, -0.2) is 0 Å². The quantitative estimate of drug-likeness (QED) is 0.477. The summed E-state index contributed by atoms with van der Waals surface area (Å²) in [6.07, 6.45) is 0. The molecule has 0 aliphatic carbocycles. The summed E-state index contributed by atoms with van der Waals surface area (Å²) in [5.74, 6) is 2.84. The van der Waals surface area contributed by atoms with Crippen LogP contribution in [0.5, 0.6) is 5.75 Å². The van der Waals surface area contributed by atoms with E-state index in [2.05, 4.69) is 44.4 Å². The van der Waals surface area contributed by atoms with Crippen molar-refractivity contribution >= 4 is 21.4 Å². The van der Waals surface area contributed by atoms with Crippen LogP contribution in [0.2, 0.25) is 0 Å². The van der Waals surface area contributed by atoms with Crippen LogP contribution in [0.15, 0.2) is 28.0 Å². The second kappa shape index (κ2) is 5.17. The lowest BCUT2D eigenvalue weighted by molar-refractivity contribution is 0.104. The first-order chi connectivity index (χ1) is 10.5. The van der Waals surface area contributed by atoms with Crippen LogP contribution in [0.1, 0.15) is 44.6 Å². The van der Waals surface area contributed by atoms with Crippen molar-refractivity contribution in [3.05, 3.63) is 40.5 Å². The molecule has 2 nitrogen and oxygen atoms in total. The van der Waals surface area contributed by atoms with Gasteiger partial charge in [0.25, 0.3) is 0 Å². The number of rotatable bonds is 0. The number of furan rings is 1. The molecule has 3 heterocycles. The summed E-state index contributed by atoms with van der Waals surface area (Å²) in [5.41, 5.74) is 3.16. The first kappa shape index (κ1) is 15.2. The number of fused-ring (bicyclic) bond motifs is 5. The molecular formula is C19H22O2S. The van der Waals surface area contributed by atoms with Gasteiger partial charge in [0.1, 0.15) is 22.9 Å². The highest BCUT2D eigenvalue weighted by Crippen LogP contribution is 2.51. The zero-order valence-electron chi connectivity index (χ0n) is 14.0. The molecule has 0 atom stereocenters. The Morgan fingerprint density at radius 2 is 1.82 bits per heavy atom. The molecular weight excluding hydrogens is 292 g/mol. The monoisotopic (exact) mass is 314 g/mol. The molecule has 0 unspecified atom stereocenters. The molecule has 0 spiro atoms. The second-order valence-corrected chi connectivity index (χ2v) is 6.86. The fraction of sp³-hybridized carbons (Fsp3) is 0.368. The zero-order chi connectivity index (χ0) is 16.1. The Kier molecular flexibility index (Phi) is 3.56. The fourth-order valence-electron chi connectivity index (χ4n) is 3.04. The van der Waals surface area contributed by atoms with Gasteiger partial charge in [-0.2, -0.15) is 0 Å². The topological polar surface area (TPSA) is 22.4 Å².